The fraction of sp³-hybridized carbons (Fsp3) is 0.200. The van der Waals surface area contributed by atoms with Crippen LogP contribution in [0.2, 0.25) is 0 Å². The summed E-state index contributed by atoms with van der Waals surface area (Å²) in [5, 5.41) is 17.8. The molecule has 0 aliphatic heterocycles. The molecule has 4 N–H and O–H groups in total. The first kappa shape index (κ1) is 14.4. The number of aliphatic carboxylic acids is 1. The molecular formula is C10H12ClNO4. The van der Waals surface area contributed by atoms with E-state index in [0.29, 0.717) is 11.8 Å². The van der Waals surface area contributed by atoms with Gasteiger partial charge in [-0.2, -0.15) is 0 Å². The van der Waals surface area contributed by atoms with Gasteiger partial charge < -0.3 is 15.9 Å². The number of hydrogen-bond acceptors (Lipinski definition) is 4. The third kappa shape index (κ3) is 3.52. The lowest BCUT2D eigenvalue weighted by Crippen LogP contribution is -2.32. The normalized spacial score (nSPS) is 11.3. The van der Waals surface area contributed by atoms with E-state index in [1.165, 1.54) is 18.2 Å². The quantitative estimate of drug-likeness (QED) is 0.674. The van der Waals surface area contributed by atoms with E-state index in [2.05, 4.69) is 0 Å². The van der Waals surface area contributed by atoms with Crippen LogP contribution in [0.15, 0.2) is 18.2 Å². The summed E-state index contributed by atoms with van der Waals surface area (Å²) in [6, 6.07) is 3.29. The minimum atomic E-state index is -1.10. The van der Waals surface area contributed by atoms with Crippen LogP contribution in [0.4, 0.5) is 0 Å². The van der Waals surface area contributed by atoms with Crippen LogP contribution in [0.3, 0.4) is 0 Å². The average Bonchev–Trinajstić information content (AvgIpc) is 2.20. The first-order valence-corrected chi connectivity index (χ1v) is 4.30. The van der Waals surface area contributed by atoms with Gasteiger partial charge in [-0.05, 0) is 24.1 Å². The summed E-state index contributed by atoms with van der Waals surface area (Å²) in [6.45, 7) is 0. The van der Waals surface area contributed by atoms with E-state index in [1.807, 2.05) is 0 Å². The lowest BCUT2D eigenvalue weighted by Gasteiger charge is -2.07. The number of halogens is 1. The van der Waals surface area contributed by atoms with Crippen LogP contribution < -0.4 is 5.73 Å². The number of aldehydes is 1. The molecule has 0 aliphatic rings. The molecule has 6 heteroatoms. The number of carboxylic acid groups (broad SMARTS) is 1. The highest BCUT2D eigenvalue weighted by Crippen LogP contribution is 2.17. The Bertz CT molecular complexity index is 394. The molecule has 0 bridgehead atoms. The number of carbonyl (C=O) groups excluding carboxylic acids is 1. The summed E-state index contributed by atoms with van der Waals surface area (Å²) in [4.78, 5) is 21.0. The third-order valence-corrected chi connectivity index (χ3v) is 1.99. The van der Waals surface area contributed by atoms with E-state index in [9.17, 15) is 14.7 Å². The van der Waals surface area contributed by atoms with Gasteiger partial charge in [0.05, 0.1) is 5.56 Å². The van der Waals surface area contributed by atoms with Crippen LogP contribution in [0.25, 0.3) is 0 Å². The fourth-order valence-electron chi connectivity index (χ4n) is 1.17. The Morgan fingerprint density at radius 2 is 2.12 bits per heavy atom. The van der Waals surface area contributed by atoms with Crippen LogP contribution in [0, 0.1) is 0 Å². The number of carboxylic acids is 1. The summed E-state index contributed by atoms with van der Waals surface area (Å²) in [5.74, 6) is -1.23. The zero-order valence-electron chi connectivity index (χ0n) is 8.29. The van der Waals surface area contributed by atoms with Gasteiger partial charge in [0.2, 0.25) is 0 Å². The van der Waals surface area contributed by atoms with E-state index >= 15 is 0 Å². The Balaban J connectivity index is 0.00000225. The second-order valence-corrected chi connectivity index (χ2v) is 3.16. The molecule has 1 aromatic carbocycles. The summed E-state index contributed by atoms with van der Waals surface area (Å²) in [5.41, 5.74) is 6.06. The second kappa shape index (κ2) is 6.09. The number of benzene rings is 1. The molecule has 0 fully saturated rings. The molecule has 0 aromatic heterocycles. The van der Waals surface area contributed by atoms with E-state index in [-0.39, 0.29) is 30.1 Å². The van der Waals surface area contributed by atoms with Crippen LogP contribution in [-0.2, 0) is 11.2 Å². The largest absolute Gasteiger partial charge is 0.507 e. The van der Waals surface area contributed by atoms with E-state index in [1.54, 1.807) is 0 Å². The van der Waals surface area contributed by atoms with Crippen molar-refractivity contribution in [3.8, 4) is 5.75 Å². The van der Waals surface area contributed by atoms with Crippen molar-refractivity contribution < 1.29 is 19.8 Å². The molecule has 1 rings (SSSR count). The number of phenolic OH excluding ortho intramolecular Hbond substituents is 1. The molecule has 0 saturated heterocycles. The number of carbonyl (C=O) groups is 2. The molecule has 1 atom stereocenters. The van der Waals surface area contributed by atoms with Gasteiger partial charge in [0, 0.05) is 0 Å². The van der Waals surface area contributed by atoms with Crippen molar-refractivity contribution in [2.75, 3.05) is 0 Å². The van der Waals surface area contributed by atoms with Gasteiger partial charge in [0.15, 0.2) is 6.29 Å². The first-order valence-electron chi connectivity index (χ1n) is 4.30. The van der Waals surface area contributed by atoms with E-state index < -0.39 is 12.0 Å². The molecule has 0 unspecified atom stereocenters. The minimum absolute atomic E-state index is 0. The predicted octanol–water partition coefficient (Wildman–Crippen LogP) is 0.581. The molecule has 0 aliphatic carbocycles. The smallest absolute Gasteiger partial charge is 0.320 e. The zero-order chi connectivity index (χ0) is 11.4. The van der Waals surface area contributed by atoms with E-state index in [0.717, 1.165) is 0 Å². The second-order valence-electron chi connectivity index (χ2n) is 3.16. The van der Waals surface area contributed by atoms with Gasteiger partial charge in [-0.25, -0.2) is 0 Å². The summed E-state index contributed by atoms with van der Waals surface area (Å²) in [6.07, 6.45) is 0.627. The molecule has 1 aromatic rings. The summed E-state index contributed by atoms with van der Waals surface area (Å²) in [7, 11) is 0. The van der Waals surface area contributed by atoms with Gasteiger partial charge in [-0.15, -0.1) is 12.4 Å². The topological polar surface area (TPSA) is 101 Å². The predicted molar refractivity (Wildman–Crippen MR) is 60.1 cm³/mol. The Morgan fingerprint density at radius 1 is 1.50 bits per heavy atom. The highest BCUT2D eigenvalue weighted by atomic mass is 35.5. The number of hydrogen-bond donors (Lipinski definition) is 3. The molecular weight excluding hydrogens is 234 g/mol. The number of phenols is 1. The molecule has 88 valence electrons. The zero-order valence-corrected chi connectivity index (χ0v) is 9.11. The maximum atomic E-state index is 10.5. The molecule has 0 heterocycles. The van der Waals surface area contributed by atoms with Crippen molar-refractivity contribution in [2.24, 2.45) is 5.73 Å². The maximum absolute atomic E-state index is 10.5. The third-order valence-electron chi connectivity index (χ3n) is 1.99. The molecule has 0 radical (unpaired) electrons. The van der Waals surface area contributed by atoms with Crippen molar-refractivity contribution in [3.63, 3.8) is 0 Å². The SMILES string of the molecule is Cl.N[C@@H](Cc1ccc(O)c(C=O)c1)C(=O)O. The van der Waals surface area contributed by atoms with Gasteiger partial charge in [0.1, 0.15) is 11.8 Å². The lowest BCUT2D eigenvalue weighted by atomic mass is 10.0. The number of rotatable bonds is 4. The summed E-state index contributed by atoms with van der Waals surface area (Å²) < 4.78 is 0. The van der Waals surface area contributed by atoms with E-state index in [4.69, 9.17) is 10.8 Å². The fourth-order valence-corrected chi connectivity index (χ4v) is 1.17. The summed E-state index contributed by atoms with van der Waals surface area (Å²) >= 11 is 0. The molecule has 0 amide bonds. The van der Waals surface area contributed by atoms with Crippen LogP contribution in [0.1, 0.15) is 15.9 Å². The van der Waals surface area contributed by atoms with Crippen LogP contribution in [0.5, 0.6) is 5.75 Å². The van der Waals surface area contributed by atoms with Gasteiger partial charge in [0.25, 0.3) is 0 Å². The molecule has 0 spiro atoms. The molecule has 0 saturated carbocycles. The Labute approximate surface area is 98.3 Å². The molecule has 16 heavy (non-hydrogen) atoms. The standard InChI is InChI=1S/C10H11NO4.ClH/c11-8(10(14)15)4-6-1-2-9(13)7(3-6)5-12;/h1-3,5,8,13H,4,11H2,(H,14,15);1H/t8-;/m0./s1. The van der Waals surface area contributed by atoms with Gasteiger partial charge in [-0.3, -0.25) is 9.59 Å². The highest BCUT2D eigenvalue weighted by Gasteiger charge is 2.12. The van der Waals surface area contributed by atoms with Crippen molar-refractivity contribution in [3.05, 3.63) is 29.3 Å². The van der Waals surface area contributed by atoms with Gasteiger partial charge in [-0.1, -0.05) is 6.07 Å². The highest BCUT2D eigenvalue weighted by molar-refractivity contribution is 5.85. The lowest BCUT2D eigenvalue weighted by molar-refractivity contribution is -0.138. The Morgan fingerprint density at radius 3 is 2.62 bits per heavy atom. The Hall–Kier alpha value is -1.59. The monoisotopic (exact) mass is 245 g/mol. The maximum Gasteiger partial charge on any atom is 0.320 e. The minimum Gasteiger partial charge on any atom is -0.507 e. The van der Waals surface area contributed by atoms with Crippen molar-refractivity contribution in [1.82, 2.24) is 0 Å². The number of aromatic hydroxyl groups is 1. The van der Waals surface area contributed by atoms with Gasteiger partial charge >= 0.3 is 5.97 Å². The van der Waals surface area contributed by atoms with Crippen LogP contribution >= 0.6 is 12.4 Å². The average molecular weight is 246 g/mol. The van der Waals surface area contributed by atoms with Crippen molar-refractivity contribution >= 4 is 24.7 Å². The molecule has 5 nitrogen and oxygen atoms in total. The van der Waals surface area contributed by atoms with Crippen molar-refractivity contribution in [1.29, 1.82) is 0 Å². The Kier molecular flexibility index (Phi) is 5.49. The van der Waals surface area contributed by atoms with Crippen LogP contribution in [-0.4, -0.2) is 28.5 Å². The van der Waals surface area contributed by atoms with Crippen molar-refractivity contribution in [2.45, 2.75) is 12.5 Å². The first-order chi connectivity index (χ1) is 7.04. The number of nitrogens with two attached hydrogens (primary N) is 1.